The fourth-order valence-corrected chi connectivity index (χ4v) is 2.04. The Labute approximate surface area is 133 Å². The molecule has 0 saturated carbocycles. The van der Waals surface area contributed by atoms with E-state index in [-0.39, 0.29) is 11.8 Å². The highest BCUT2D eigenvalue weighted by Crippen LogP contribution is 2.10. The van der Waals surface area contributed by atoms with Gasteiger partial charge in [-0.3, -0.25) is 9.59 Å². The number of nitrogens with one attached hydrogen (secondary N) is 2. The molecule has 0 fully saturated rings. The number of quaternary nitrogens is 1. The van der Waals surface area contributed by atoms with E-state index in [1.54, 1.807) is 31.2 Å². The lowest BCUT2D eigenvalue weighted by atomic mass is 10.2. The number of carbonyl (C=O) groups is 2. The zero-order valence-corrected chi connectivity index (χ0v) is 14.1. The van der Waals surface area contributed by atoms with Crippen LogP contribution in [0, 0.1) is 0 Å². The molecule has 2 amide bonds. The van der Waals surface area contributed by atoms with Gasteiger partial charge in [0.25, 0.3) is 5.91 Å². The molecule has 0 atom stereocenters. The van der Waals surface area contributed by atoms with Crippen LogP contribution >= 0.6 is 0 Å². The molecule has 0 aliphatic rings. The lowest BCUT2D eigenvalue weighted by molar-refractivity contribution is -0.904. The minimum absolute atomic E-state index is 0.0339. The third-order valence-corrected chi connectivity index (χ3v) is 4.22. The van der Waals surface area contributed by atoms with Crippen molar-refractivity contribution in [3.05, 3.63) is 29.8 Å². The molecule has 0 radical (unpaired) electrons. The molecule has 1 aromatic rings. The van der Waals surface area contributed by atoms with Gasteiger partial charge in [-0.1, -0.05) is 6.92 Å². The minimum Gasteiger partial charge on any atom is -0.346 e. The molecule has 0 aliphatic heterocycles. The molecule has 0 aliphatic carbocycles. The Kier molecular flexibility index (Phi) is 7.05. The minimum atomic E-state index is -0.0767. The maximum Gasteiger partial charge on any atom is 0.251 e. The second-order valence-corrected chi connectivity index (χ2v) is 5.71. The van der Waals surface area contributed by atoms with Crippen LogP contribution in [0.2, 0.25) is 0 Å². The van der Waals surface area contributed by atoms with E-state index in [4.69, 9.17) is 0 Å². The molecule has 5 nitrogen and oxygen atoms in total. The maximum absolute atomic E-state index is 12.1. The zero-order chi connectivity index (χ0) is 16.6. The second kappa shape index (κ2) is 8.54. The molecular weight excluding hydrogens is 278 g/mol. The van der Waals surface area contributed by atoms with Crippen molar-refractivity contribution in [2.45, 2.75) is 27.2 Å². The number of anilines is 1. The number of rotatable bonds is 8. The van der Waals surface area contributed by atoms with Crippen LogP contribution < -0.4 is 10.6 Å². The maximum atomic E-state index is 12.1. The van der Waals surface area contributed by atoms with Gasteiger partial charge in [0.05, 0.1) is 33.2 Å². The number of nitrogens with zero attached hydrogens (tertiary/aromatic N) is 1. The summed E-state index contributed by atoms with van der Waals surface area (Å²) in [6.07, 6.45) is 0.439. The molecule has 122 valence electrons. The summed E-state index contributed by atoms with van der Waals surface area (Å²) < 4.78 is 0.947. The summed E-state index contributed by atoms with van der Waals surface area (Å²) in [6.45, 7) is 9.81. The predicted octanol–water partition coefficient (Wildman–Crippen LogP) is 2.25. The van der Waals surface area contributed by atoms with Gasteiger partial charge in [0.2, 0.25) is 5.91 Å². The standard InChI is InChI=1S/C17H27N3O2/c1-5-16(21)19-15-10-8-14(9-11-15)17(22)18-12-13-20(4,6-2)7-3/h8-11H,5-7,12-13H2,1-4H3,(H-,18,19,21,22)/p+1. The van der Waals surface area contributed by atoms with Crippen LogP contribution in [-0.4, -0.2) is 49.5 Å². The molecule has 1 aromatic carbocycles. The van der Waals surface area contributed by atoms with Crippen LogP contribution in [0.15, 0.2) is 24.3 Å². The SMILES string of the molecule is CCC(=O)Nc1ccc(C(=O)NCC[N+](C)(CC)CC)cc1. The lowest BCUT2D eigenvalue weighted by Crippen LogP contribution is -2.48. The summed E-state index contributed by atoms with van der Waals surface area (Å²) in [7, 11) is 2.19. The van der Waals surface area contributed by atoms with Gasteiger partial charge in [0.15, 0.2) is 0 Å². The van der Waals surface area contributed by atoms with Gasteiger partial charge < -0.3 is 15.1 Å². The second-order valence-electron chi connectivity index (χ2n) is 5.71. The number of carbonyl (C=O) groups excluding carboxylic acids is 2. The van der Waals surface area contributed by atoms with Crippen molar-refractivity contribution in [3.8, 4) is 0 Å². The Morgan fingerprint density at radius 1 is 1.05 bits per heavy atom. The first-order valence-corrected chi connectivity index (χ1v) is 7.95. The summed E-state index contributed by atoms with van der Waals surface area (Å²) in [4.78, 5) is 23.4. The van der Waals surface area contributed by atoms with Gasteiger partial charge in [-0.25, -0.2) is 0 Å². The van der Waals surface area contributed by atoms with E-state index in [0.717, 1.165) is 24.1 Å². The molecule has 0 unspecified atom stereocenters. The summed E-state index contributed by atoms with van der Waals surface area (Å²) >= 11 is 0. The molecule has 5 heteroatoms. The van der Waals surface area contributed by atoms with Crippen LogP contribution in [0.25, 0.3) is 0 Å². The molecule has 0 bridgehead atoms. The van der Waals surface area contributed by atoms with Crippen LogP contribution in [-0.2, 0) is 4.79 Å². The number of hydrogen-bond acceptors (Lipinski definition) is 2. The van der Waals surface area contributed by atoms with Crippen LogP contribution in [0.3, 0.4) is 0 Å². The van der Waals surface area contributed by atoms with Crippen molar-refractivity contribution in [1.29, 1.82) is 0 Å². The summed E-state index contributed by atoms with van der Waals surface area (Å²) in [5.41, 5.74) is 1.32. The number of benzene rings is 1. The first-order chi connectivity index (χ1) is 10.4. The van der Waals surface area contributed by atoms with E-state index in [1.807, 2.05) is 0 Å². The van der Waals surface area contributed by atoms with Gasteiger partial charge in [0, 0.05) is 17.7 Å². The van der Waals surface area contributed by atoms with Crippen molar-refractivity contribution < 1.29 is 14.1 Å². The van der Waals surface area contributed by atoms with Gasteiger partial charge in [0.1, 0.15) is 0 Å². The van der Waals surface area contributed by atoms with E-state index in [9.17, 15) is 9.59 Å². The van der Waals surface area contributed by atoms with Gasteiger partial charge in [-0.05, 0) is 38.1 Å². The number of likely N-dealkylation sites (N-methyl/N-ethyl adjacent to an activating group) is 1. The van der Waals surface area contributed by atoms with Crippen LogP contribution in [0.1, 0.15) is 37.6 Å². The van der Waals surface area contributed by atoms with E-state index >= 15 is 0 Å². The third-order valence-electron chi connectivity index (χ3n) is 4.22. The number of hydrogen-bond donors (Lipinski definition) is 2. The third kappa shape index (κ3) is 5.48. The average Bonchev–Trinajstić information content (AvgIpc) is 2.55. The van der Waals surface area contributed by atoms with E-state index in [0.29, 0.717) is 24.2 Å². The molecule has 0 spiro atoms. The van der Waals surface area contributed by atoms with Crippen molar-refractivity contribution in [1.82, 2.24) is 5.32 Å². The highest BCUT2D eigenvalue weighted by Gasteiger charge is 2.16. The highest BCUT2D eigenvalue weighted by molar-refractivity contribution is 5.95. The molecule has 1 rings (SSSR count). The number of amides is 2. The average molecular weight is 306 g/mol. The molecule has 22 heavy (non-hydrogen) atoms. The van der Waals surface area contributed by atoms with Gasteiger partial charge in [-0.2, -0.15) is 0 Å². The summed E-state index contributed by atoms with van der Waals surface area (Å²) in [5.74, 6) is -0.111. The monoisotopic (exact) mass is 306 g/mol. The molecular formula is C17H28N3O2+. The topological polar surface area (TPSA) is 58.2 Å². The Morgan fingerprint density at radius 3 is 2.14 bits per heavy atom. The zero-order valence-electron chi connectivity index (χ0n) is 14.1. The largest absolute Gasteiger partial charge is 0.346 e. The quantitative estimate of drug-likeness (QED) is 0.724. The predicted molar refractivity (Wildman–Crippen MR) is 89.8 cm³/mol. The normalized spacial score (nSPS) is 11.1. The van der Waals surface area contributed by atoms with Crippen molar-refractivity contribution in [3.63, 3.8) is 0 Å². The van der Waals surface area contributed by atoms with Crippen LogP contribution in [0.4, 0.5) is 5.69 Å². The fourth-order valence-electron chi connectivity index (χ4n) is 2.04. The Morgan fingerprint density at radius 2 is 1.64 bits per heavy atom. The molecule has 0 heterocycles. The first-order valence-electron chi connectivity index (χ1n) is 7.95. The Bertz CT molecular complexity index is 493. The van der Waals surface area contributed by atoms with Gasteiger partial charge >= 0.3 is 0 Å². The van der Waals surface area contributed by atoms with Crippen molar-refractivity contribution in [2.75, 3.05) is 38.5 Å². The van der Waals surface area contributed by atoms with E-state index < -0.39 is 0 Å². The lowest BCUT2D eigenvalue weighted by Gasteiger charge is -2.32. The summed E-state index contributed by atoms with van der Waals surface area (Å²) in [5, 5.41) is 5.72. The fraction of sp³-hybridized carbons (Fsp3) is 0.529. The van der Waals surface area contributed by atoms with Crippen molar-refractivity contribution >= 4 is 17.5 Å². The van der Waals surface area contributed by atoms with Crippen LogP contribution in [0.5, 0.6) is 0 Å². The molecule has 0 aromatic heterocycles. The Hall–Kier alpha value is -1.88. The summed E-state index contributed by atoms with van der Waals surface area (Å²) in [6, 6.07) is 6.96. The van der Waals surface area contributed by atoms with Crippen molar-refractivity contribution in [2.24, 2.45) is 0 Å². The van der Waals surface area contributed by atoms with Gasteiger partial charge in [-0.15, -0.1) is 0 Å². The molecule has 2 N–H and O–H groups in total. The van der Waals surface area contributed by atoms with E-state index in [2.05, 4.69) is 31.5 Å². The Balaban J connectivity index is 2.51. The highest BCUT2D eigenvalue weighted by atomic mass is 16.2. The smallest absolute Gasteiger partial charge is 0.251 e. The first kappa shape index (κ1) is 18.2. The molecule has 0 saturated heterocycles. The van der Waals surface area contributed by atoms with E-state index in [1.165, 1.54) is 0 Å².